The summed E-state index contributed by atoms with van der Waals surface area (Å²) in [4.78, 5) is 11.2. The summed E-state index contributed by atoms with van der Waals surface area (Å²) in [6, 6.07) is 5.88. The van der Waals surface area contributed by atoms with Crippen LogP contribution in [0.15, 0.2) is 18.2 Å². The fraction of sp³-hybridized carbons (Fsp3) is 0.462. The van der Waals surface area contributed by atoms with Crippen LogP contribution in [-0.4, -0.2) is 17.7 Å². The molecule has 1 aliphatic rings. The predicted octanol–water partition coefficient (Wildman–Crippen LogP) is 2.12. The lowest BCUT2D eigenvalue weighted by atomic mass is 9.83. The fourth-order valence-corrected chi connectivity index (χ4v) is 1.88. The number of hydrogen-bond donors (Lipinski definition) is 1. The van der Waals surface area contributed by atoms with Crippen LogP contribution < -0.4 is 0 Å². The molecule has 0 aliphatic carbocycles. The SMILES string of the molecule is CC(C)(C(=O)O)c1ccc2c(c1)CCOC2. The van der Waals surface area contributed by atoms with Gasteiger partial charge < -0.3 is 9.84 Å². The average molecular weight is 220 g/mol. The van der Waals surface area contributed by atoms with Gasteiger partial charge in [-0.25, -0.2) is 0 Å². The molecule has 86 valence electrons. The van der Waals surface area contributed by atoms with Crippen molar-refractivity contribution in [2.45, 2.75) is 32.3 Å². The molecule has 16 heavy (non-hydrogen) atoms. The van der Waals surface area contributed by atoms with Crippen LogP contribution in [0.4, 0.5) is 0 Å². The Bertz CT molecular complexity index is 421. The molecule has 0 saturated carbocycles. The Morgan fingerprint density at radius 2 is 2.12 bits per heavy atom. The molecule has 1 heterocycles. The van der Waals surface area contributed by atoms with E-state index in [9.17, 15) is 9.90 Å². The van der Waals surface area contributed by atoms with Crippen molar-refractivity contribution in [3.63, 3.8) is 0 Å². The summed E-state index contributed by atoms with van der Waals surface area (Å²) in [5.74, 6) is -0.792. The van der Waals surface area contributed by atoms with Crippen molar-refractivity contribution in [3.8, 4) is 0 Å². The topological polar surface area (TPSA) is 46.5 Å². The van der Waals surface area contributed by atoms with Crippen molar-refractivity contribution in [1.29, 1.82) is 0 Å². The van der Waals surface area contributed by atoms with Crippen molar-refractivity contribution in [3.05, 3.63) is 34.9 Å². The van der Waals surface area contributed by atoms with Crippen LogP contribution in [0.1, 0.15) is 30.5 Å². The molecule has 0 bridgehead atoms. The van der Waals surface area contributed by atoms with Gasteiger partial charge in [0.1, 0.15) is 0 Å². The summed E-state index contributed by atoms with van der Waals surface area (Å²) in [7, 11) is 0. The quantitative estimate of drug-likeness (QED) is 0.830. The molecule has 1 N–H and O–H groups in total. The van der Waals surface area contributed by atoms with Gasteiger partial charge in [-0.2, -0.15) is 0 Å². The number of fused-ring (bicyclic) bond motifs is 1. The maximum absolute atomic E-state index is 11.2. The highest BCUT2D eigenvalue weighted by Gasteiger charge is 2.30. The van der Waals surface area contributed by atoms with E-state index in [1.165, 1.54) is 11.1 Å². The normalized spacial score (nSPS) is 15.6. The monoisotopic (exact) mass is 220 g/mol. The Labute approximate surface area is 95.0 Å². The van der Waals surface area contributed by atoms with Crippen LogP contribution in [0, 0.1) is 0 Å². The van der Waals surface area contributed by atoms with Crippen molar-refractivity contribution in [2.24, 2.45) is 0 Å². The Kier molecular flexibility index (Phi) is 2.72. The second-order valence-corrected chi connectivity index (χ2v) is 4.72. The van der Waals surface area contributed by atoms with Crippen molar-refractivity contribution in [2.75, 3.05) is 6.61 Å². The molecule has 0 radical (unpaired) electrons. The van der Waals surface area contributed by atoms with Gasteiger partial charge in [0.25, 0.3) is 0 Å². The third kappa shape index (κ3) is 1.83. The van der Waals surface area contributed by atoms with Crippen LogP contribution in [0.3, 0.4) is 0 Å². The minimum atomic E-state index is -0.826. The van der Waals surface area contributed by atoms with Gasteiger partial charge in [-0.05, 0) is 37.0 Å². The fourth-order valence-electron chi connectivity index (χ4n) is 1.88. The number of carboxylic acids is 1. The molecule has 0 amide bonds. The minimum absolute atomic E-state index is 0.642. The maximum Gasteiger partial charge on any atom is 0.313 e. The van der Waals surface area contributed by atoms with Crippen LogP contribution in [0.25, 0.3) is 0 Å². The first-order chi connectivity index (χ1) is 7.51. The molecule has 0 fully saturated rings. The highest BCUT2D eigenvalue weighted by atomic mass is 16.5. The number of hydrogen-bond acceptors (Lipinski definition) is 2. The van der Waals surface area contributed by atoms with Gasteiger partial charge in [-0.15, -0.1) is 0 Å². The highest BCUT2D eigenvalue weighted by molar-refractivity contribution is 5.80. The Hall–Kier alpha value is -1.35. The molecule has 0 spiro atoms. The lowest BCUT2D eigenvalue weighted by Crippen LogP contribution is -2.29. The third-order valence-corrected chi connectivity index (χ3v) is 3.24. The molecule has 0 unspecified atom stereocenters. The molecule has 2 rings (SSSR count). The second-order valence-electron chi connectivity index (χ2n) is 4.72. The predicted molar refractivity (Wildman–Crippen MR) is 60.5 cm³/mol. The van der Waals surface area contributed by atoms with Crippen molar-refractivity contribution in [1.82, 2.24) is 0 Å². The molecule has 0 saturated heterocycles. The van der Waals surface area contributed by atoms with Crippen LogP contribution in [-0.2, 0) is 28.0 Å². The lowest BCUT2D eigenvalue weighted by Gasteiger charge is -2.23. The first-order valence-electron chi connectivity index (χ1n) is 5.45. The first-order valence-corrected chi connectivity index (χ1v) is 5.45. The lowest BCUT2D eigenvalue weighted by molar-refractivity contribution is -0.142. The summed E-state index contributed by atoms with van der Waals surface area (Å²) in [6.45, 7) is 4.83. The van der Waals surface area contributed by atoms with Gasteiger partial charge in [0.05, 0.1) is 18.6 Å². The minimum Gasteiger partial charge on any atom is -0.481 e. The molecule has 0 atom stereocenters. The second kappa shape index (κ2) is 3.91. The Morgan fingerprint density at radius 3 is 2.81 bits per heavy atom. The number of ether oxygens (including phenoxy) is 1. The number of aliphatic carboxylic acids is 1. The summed E-state index contributed by atoms with van der Waals surface area (Å²) >= 11 is 0. The zero-order valence-electron chi connectivity index (χ0n) is 9.62. The Morgan fingerprint density at radius 1 is 1.38 bits per heavy atom. The van der Waals surface area contributed by atoms with Gasteiger partial charge in [0, 0.05) is 0 Å². The summed E-state index contributed by atoms with van der Waals surface area (Å²) < 4.78 is 5.35. The molecule has 3 nitrogen and oxygen atoms in total. The van der Waals surface area contributed by atoms with E-state index in [4.69, 9.17) is 4.74 Å². The first kappa shape index (κ1) is 11.1. The van der Waals surface area contributed by atoms with Gasteiger partial charge in [0.15, 0.2) is 0 Å². The summed E-state index contributed by atoms with van der Waals surface area (Å²) in [6.07, 6.45) is 0.874. The van der Waals surface area contributed by atoms with E-state index in [1.807, 2.05) is 18.2 Å². The highest BCUT2D eigenvalue weighted by Crippen LogP contribution is 2.27. The van der Waals surface area contributed by atoms with E-state index in [0.717, 1.165) is 18.6 Å². The number of carboxylic acid groups (broad SMARTS) is 1. The Balaban J connectivity index is 2.40. The van der Waals surface area contributed by atoms with E-state index < -0.39 is 11.4 Å². The van der Waals surface area contributed by atoms with E-state index in [0.29, 0.717) is 6.61 Å². The number of carbonyl (C=O) groups is 1. The van der Waals surface area contributed by atoms with E-state index in [-0.39, 0.29) is 0 Å². The molecular formula is C13H16O3. The molecule has 1 aromatic rings. The van der Waals surface area contributed by atoms with E-state index >= 15 is 0 Å². The van der Waals surface area contributed by atoms with Crippen LogP contribution in [0.2, 0.25) is 0 Å². The largest absolute Gasteiger partial charge is 0.481 e. The summed E-state index contributed by atoms with van der Waals surface area (Å²) in [5, 5.41) is 9.17. The van der Waals surface area contributed by atoms with Gasteiger partial charge >= 0.3 is 5.97 Å². The zero-order valence-corrected chi connectivity index (χ0v) is 9.62. The molecule has 3 heteroatoms. The van der Waals surface area contributed by atoms with Gasteiger partial charge in [-0.1, -0.05) is 18.2 Å². The molecule has 1 aromatic carbocycles. The maximum atomic E-state index is 11.2. The molecular weight excluding hydrogens is 204 g/mol. The average Bonchev–Trinajstić information content (AvgIpc) is 2.28. The van der Waals surface area contributed by atoms with Crippen LogP contribution in [0.5, 0.6) is 0 Å². The number of rotatable bonds is 2. The van der Waals surface area contributed by atoms with Gasteiger partial charge in [0.2, 0.25) is 0 Å². The van der Waals surface area contributed by atoms with Crippen LogP contribution >= 0.6 is 0 Å². The van der Waals surface area contributed by atoms with E-state index in [1.54, 1.807) is 13.8 Å². The summed E-state index contributed by atoms with van der Waals surface area (Å²) in [5.41, 5.74) is 2.43. The molecule has 0 aromatic heterocycles. The van der Waals surface area contributed by atoms with Crippen molar-refractivity contribution >= 4 is 5.97 Å². The third-order valence-electron chi connectivity index (χ3n) is 3.24. The zero-order chi connectivity index (χ0) is 11.8. The molecule has 1 aliphatic heterocycles. The van der Waals surface area contributed by atoms with Gasteiger partial charge in [-0.3, -0.25) is 4.79 Å². The van der Waals surface area contributed by atoms with E-state index in [2.05, 4.69) is 0 Å². The van der Waals surface area contributed by atoms with Crippen molar-refractivity contribution < 1.29 is 14.6 Å². The standard InChI is InChI=1S/C13H16O3/c1-13(2,12(14)15)11-4-3-10-8-16-6-5-9(10)7-11/h3-4,7H,5-6,8H2,1-2H3,(H,14,15). The number of benzene rings is 1. The smallest absolute Gasteiger partial charge is 0.313 e.